The number of aryl methyl sites for hydroxylation is 1. The topological polar surface area (TPSA) is 35.5 Å². The number of rotatable bonds is 3. The second-order valence-corrected chi connectivity index (χ2v) is 7.57. The van der Waals surface area contributed by atoms with Gasteiger partial charge in [-0.15, -0.1) is 0 Å². The second-order valence-electron chi connectivity index (χ2n) is 7.57. The zero-order chi connectivity index (χ0) is 19.4. The maximum absolute atomic E-state index is 11.6. The molecule has 1 aliphatic rings. The number of fused-ring (bicyclic) bond motifs is 1. The zero-order valence-corrected chi connectivity index (χ0v) is 16.5. The third kappa shape index (κ3) is 4.52. The van der Waals surface area contributed by atoms with Gasteiger partial charge in [0.2, 0.25) is 0 Å². The SMILES string of the molecule is CCOC(=O)Cc1ccc(C#Cc2cc3c(cc2C)OCCC3(C)C)cc1. The molecule has 0 fully saturated rings. The van der Waals surface area contributed by atoms with Crippen LogP contribution in [0.5, 0.6) is 5.75 Å². The number of hydrogen-bond donors (Lipinski definition) is 0. The average Bonchev–Trinajstić information content (AvgIpc) is 2.61. The minimum Gasteiger partial charge on any atom is -0.493 e. The monoisotopic (exact) mass is 362 g/mol. The molecule has 3 nitrogen and oxygen atoms in total. The first-order valence-corrected chi connectivity index (χ1v) is 9.43. The fourth-order valence-corrected chi connectivity index (χ4v) is 3.24. The van der Waals surface area contributed by atoms with E-state index in [4.69, 9.17) is 9.47 Å². The van der Waals surface area contributed by atoms with Crippen molar-refractivity contribution >= 4 is 5.97 Å². The minimum atomic E-state index is -0.203. The quantitative estimate of drug-likeness (QED) is 0.593. The van der Waals surface area contributed by atoms with Crippen molar-refractivity contribution in [2.75, 3.05) is 13.2 Å². The lowest BCUT2D eigenvalue weighted by molar-refractivity contribution is -0.142. The van der Waals surface area contributed by atoms with E-state index in [1.165, 1.54) is 5.56 Å². The van der Waals surface area contributed by atoms with E-state index in [9.17, 15) is 4.79 Å². The smallest absolute Gasteiger partial charge is 0.310 e. The summed E-state index contributed by atoms with van der Waals surface area (Å²) in [5.74, 6) is 7.32. The van der Waals surface area contributed by atoms with Gasteiger partial charge in [0.15, 0.2) is 0 Å². The predicted molar refractivity (Wildman–Crippen MR) is 107 cm³/mol. The Morgan fingerprint density at radius 2 is 1.93 bits per heavy atom. The number of ether oxygens (including phenoxy) is 2. The lowest BCUT2D eigenvalue weighted by Gasteiger charge is -2.33. The van der Waals surface area contributed by atoms with Gasteiger partial charge in [-0.3, -0.25) is 4.79 Å². The molecule has 0 spiro atoms. The van der Waals surface area contributed by atoms with Gasteiger partial charge in [-0.2, -0.15) is 0 Å². The average molecular weight is 362 g/mol. The van der Waals surface area contributed by atoms with Crippen molar-refractivity contribution < 1.29 is 14.3 Å². The molecule has 3 heteroatoms. The first-order valence-electron chi connectivity index (χ1n) is 9.43. The molecule has 0 amide bonds. The molecule has 0 unspecified atom stereocenters. The molecule has 0 saturated heterocycles. The van der Waals surface area contributed by atoms with E-state index >= 15 is 0 Å². The molecule has 2 aromatic rings. The molecular formula is C24H26O3. The summed E-state index contributed by atoms with van der Waals surface area (Å²) in [6.07, 6.45) is 1.30. The molecule has 0 saturated carbocycles. The van der Waals surface area contributed by atoms with Crippen LogP contribution in [0.3, 0.4) is 0 Å². The molecule has 0 bridgehead atoms. The Kier molecular flexibility index (Phi) is 5.56. The first kappa shape index (κ1) is 19.0. The van der Waals surface area contributed by atoms with Crippen LogP contribution in [0.15, 0.2) is 36.4 Å². The van der Waals surface area contributed by atoms with E-state index < -0.39 is 0 Å². The summed E-state index contributed by atoms with van der Waals surface area (Å²) in [5, 5.41) is 0. The second kappa shape index (κ2) is 7.88. The predicted octanol–water partition coefficient (Wildman–Crippen LogP) is 4.56. The van der Waals surface area contributed by atoms with Crippen LogP contribution in [0.25, 0.3) is 0 Å². The molecule has 3 rings (SSSR count). The molecular weight excluding hydrogens is 336 g/mol. The van der Waals surface area contributed by atoms with Crippen molar-refractivity contribution in [3.8, 4) is 17.6 Å². The molecule has 27 heavy (non-hydrogen) atoms. The van der Waals surface area contributed by atoms with Crippen molar-refractivity contribution in [2.45, 2.75) is 46.0 Å². The van der Waals surface area contributed by atoms with E-state index in [1.807, 2.05) is 31.2 Å². The van der Waals surface area contributed by atoms with Crippen LogP contribution < -0.4 is 4.74 Å². The van der Waals surface area contributed by atoms with Crippen LogP contribution in [0.4, 0.5) is 0 Å². The van der Waals surface area contributed by atoms with E-state index in [2.05, 4.69) is 44.7 Å². The Morgan fingerprint density at radius 3 is 2.63 bits per heavy atom. The molecule has 0 radical (unpaired) electrons. The number of benzene rings is 2. The van der Waals surface area contributed by atoms with Gasteiger partial charge in [0.25, 0.3) is 0 Å². The highest BCUT2D eigenvalue weighted by atomic mass is 16.5. The van der Waals surface area contributed by atoms with Crippen LogP contribution in [0, 0.1) is 18.8 Å². The van der Waals surface area contributed by atoms with Crippen molar-refractivity contribution in [1.29, 1.82) is 0 Å². The van der Waals surface area contributed by atoms with Crippen molar-refractivity contribution in [3.63, 3.8) is 0 Å². The van der Waals surface area contributed by atoms with Gasteiger partial charge in [-0.05, 0) is 61.1 Å². The van der Waals surface area contributed by atoms with Crippen LogP contribution in [-0.4, -0.2) is 19.2 Å². The summed E-state index contributed by atoms with van der Waals surface area (Å²) in [4.78, 5) is 11.6. The van der Waals surface area contributed by atoms with E-state index in [1.54, 1.807) is 0 Å². The normalized spacial score (nSPS) is 14.4. The summed E-state index contributed by atoms with van der Waals surface area (Å²) < 4.78 is 10.8. The van der Waals surface area contributed by atoms with Gasteiger partial charge in [-0.1, -0.05) is 37.8 Å². The first-order chi connectivity index (χ1) is 12.9. The summed E-state index contributed by atoms with van der Waals surface area (Å²) >= 11 is 0. The zero-order valence-electron chi connectivity index (χ0n) is 16.5. The van der Waals surface area contributed by atoms with E-state index in [0.717, 1.165) is 41.0 Å². The number of esters is 1. The highest BCUT2D eigenvalue weighted by molar-refractivity contribution is 5.72. The van der Waals surface area contributed by atoms with Gasteiger partial charge in [-0.25, -0.2) is 0 Å². The minimum absolute atomic E-state index is 0.104. The van der Waals surface area contributed by atoms with Gasteiger partial charge in [0, 0.05) is 16.7 Å². The third-order valence-electron chi connectivity index (χ3n) is 4.99. The summed E-state index contributed by atoms with van der Waals surface area (Å²) in [6, 6.07) is 12.0. The molecule has 2 aromatic carbocycles. The molecule has 0 atom stereocenters. The highest BCUT2D eigenvalue weighted by Crippen LogP contribution is 2.39. The Bertz CT molecular complexity index is 896. The Morgan fingerprint density at radius 1 is 1.19 bits per heavy atom. The van der Waals surface area contributed by atoms with Gasteiger partial charge in [0.1, 0.15) is 5.75 Å². The standard InChI is InChI=1S/C24H26O3/c1-5-26-23(25)15-19-8-6-18(7-9-19)10-11-20-16-21-22(14-17(20)2)27-13-12-24(21,3)4/h6-9,14,16H,5,12-13,15H2,1-4H3. The molecule has 140 valence electrons. The number of carbonyl (C=O) groups is 1. The van der Waals surface area contributed by atoms with Gasteiger partial charge >= 0.3 is 5.97 Å². The summed E-state index contributed by atoms with van der Waals surface area (Å²) in [7, 11) is 0. The van der Waals surface area contributed by atoms with Crippen LogP contribution in [-0.2, 0) is 21.4 Å². The molecule has 0 aromatic heterocycles. The third-order valence-corrected chi connectivity index (χ3v) is 4.99. The number of hydrogen-bond acceptors (Lipinski definition) is 3. The fourth-order valence-electron chi connectivity index (χ4n) is 3.24. The lowest BCUT2D eigenvalue weighted by atomic mass is 9.78. The van der Waals surface area contributed by atoms with Crippen LogP contribution in [0.2, 0.25) is 0 Å². The molecule has 0 N–H and O–H groups in total. The highest BCUT2D eigenvalue weighted by Gasteiger charge is 2.29. The molecule has 1 aliphatic heterocycles. The van der Waals surface area contributed by atoms with Crippen LogP contribution >= 0.6 is 0 Å². The Hall–Kier alpha value is -2.73. The van der Waals surface area contributed by atoms with Gasteiger partial charge in [0.05, 0.1) is 19.6 Å². The molecule has 1 heterocycles. The Balaban J connectivity index is 1.81. The van der Waals surface area contributed by atoms with Gasteiger partial charge < -0.3 is 9.47 Å². The van der Waals surface area contributed by atoms with Crippen LogP contribution in [0.1, 0.15) is 55.0 Å². The van der Waals surface area contributed by atoms with Crippen molar-refractivity contribution in [3.05, 3.63) is 64.2 Å². The summed E-state index contributed by atoms with van der Waals surface area (Å²) in [5.41, 5.74) is 5.35. The fraction of sp³-hybridized carbons (Fsp3) is 0.375. The maximum atomic E-state index is 11.6. The van der Waals surface area contributed by atoms with E-state index in [0.29, 0.717) is 13.0 Å². The maximum Gasteiger partial charge on any atom is 0.310 e. The summed E-state index contributed by atoms with van der Waals surface area (Å²) in [6.45, 7) is 9.56. The Labute approximate surface area is 161 Å². The van der Waals surface area contributed by atoms with E-state index in [-0.39, 0.29) is 11.4 Å². The number of carbonyl (C=O) groups excluding carboxylic acids is 1. The largest absolute Gasteiger partial charge is 0.493 e. The lowest BCUT2D eigenvalue weighted by Crippen LogP contribution is -2.26. The molecule has 0 aliphatic carbocycles. The van der Waals surface area contributed by atoms with Crippen molar-refractivity contribution in [1.82, 2.24) is 0 Å². The van der Waals surface area contributed by atoms with Crippen molar-refractivity contribution in [2.24, 2.45) is 0 Å².